The summed E-state index contributed by atoms with van der Waals surface area (Å²) in [4.78, 5) is 17.3. The van der Waals surface area contributed by atoms with Crippen LogP contribution in [0.4, 0.5) is 4.39 Å². The highest BCUT2D eigenvalue weighted by atomic mass is 19.1. The first-order valence-electron chi connectivity index (χ1n) is 9.16. The maximum Gasteiger partial charge on any atom is 0.226 e. The molecule has 0 radical (unpaired) electrons. The third kappa shape index (κ3) is 2.26. The van der Waals surface area contributed by atoms with Crippen LogP contribution in [-0.4, -0.2) is 66.7 Å². The molecule has 4 unspecified atom stereocenters. The standard InChI is InChI=1S/C18H30FN3O/c1-16(2,3)18-8-13(19)10-22(18)12-17(11-18)9-14(17)15(23)21-6-4-20-5-7-21/h13-14,20H,4-12H2,1-3H3. The summed E-state index contributed by atoms with van der Waals surface area (Å²) in [7, 11) is 0. The molecule has 130 valence electrons. The van der Waals surface area contributed by atoms with Gasteiger partial charge < -0.3 is 10.2 Å². The number of hydrogen-bond donors (Lipinski definition) is 1. The van der Waals surface area contributed by atoms with Crippen molar-refractivity contribution in [2.24, 2.45) is 16.7 Å². The fraction of sp³-hybridized carbons (Fsp3) is 0.944. The first-order chi connectivity index (χ1) is 10.8. The van der Waals surface area contributed by atoms with E-state index in [0.29, 0.717) is 18.9 Å². The van der Waals surface area contributed by atoms with E-state index in [-0.39, 0.29) is 22.3 Å². The number of halogens is 1. The molecule has 4 aliphatic rings. The molecule has 4 fully saturated rings. The number of hydrogen-bond acceptors (Lipinski definition) is 3. The maximum atomic E-state index is 14.1. The minimum atomic E-state index is -0.701. The number of fused-ring (bicyclic) bond motifs is 1. The molecule has 0 aromatic rings. The molecule has 3 saturated heterocycles. The molecule has 4 rings (SSSR count). The molecule has 0 aromatic heterocycles. The summed E-state index contributed by atoms with van der Waals surface area (Å²) < 4.78 is 14.1. The summed E-state index contributed by atoms with van der Waals surface area (Å²) in [6.07, 6.45) is 1.97. The summed E-state index contributed by atoms with van der Waals surface area (Å²) in [5.74, 6) is 0.539. The van der Waals surface area contributed by atoms with Crippen LogP contribution in [0.15, 0.2) is 0 Å². The minimum absolute atomic E-state index is 0.0507. The lowest BCUT2D eigenvalue weighted by molar-refractivity contribution is -0.134. The average Bonchev–Trinajstić information content (AvgIpc) is 2.94. The molecule has 1 spiro atoms. The van der Waals surface area contributed by atoms with Gasteiger partial charge in [0.2, 0.25) is 5.91 Å². The Labute approximate surface area is 138 Å². The van der Waals surface area contributed by atoms with Crippen LogP contribution in [0, 0.1) is 16.7 Å². The van der Waals surface area contributed by atoms with Crippen molar-refractivity contribution < 1.29 is 9.18 Å². The Kier molecular flexibility index (Phi) is 3.38. The molecule has 1 N–H and O–H groups in total. The van der Waals surface area contributed by atoms with Crippen LogP contribution in [0.1, 0.15) is 40.0 Å². The van der Waals surface area contributed by atoms with E-state index in [1.807, 2.05) is 4.90 Å². The lowest BCUT2D eigenvalue weighted by Gasteiger charge is -2.44. The Hall–Kier alpha value is -0.680. The lowest BCUT2D eigenvalue weighted by Crippen LogP contribution is -2.49. The molecule has 3 aliphatic heterocycles. The predicted molar refractivity (Wildman–Crippen MR) is 87.9 cm³/mol. The van der Waals surface area contributed by atoms with Crippen LogP contribution in [0.3, 0.4) is 0 Å². The summed E-state index contributed by atoms with van der Waals surface area (Å²) in [6, 6.07) is 0. The molecular weight excluding hydrogens is 293 g/mol. The van der Waals surface area contributed by atoms with E-state index in [9.17, 15) is 9.18 Å². The quantitative estimate of drug-likeness (QED) is 0.797. The zero-order chi connectivity index (χ0) is 16.5. The summed E-state index contributed by atoms with van der Waals surface area (Å²) in [6.45, 7) is 11.7. The number of carbonyl (C=O) groups excluding carboxylic acids is 1. The van der Waals surface area contributed by atoms with Crippen molar-refractivity contribution in [1.82, 2.24) is 15.1 Å². The van der Waals surface area contributed by atoms with E-state index in [1.165, 1.54) is 0 Å². The molecule has 0 bridgehead atoms. The third-order valence-corrected chi connectivity index (χ3v) is 7.05. The van der Waals surface area contributed by atoms with Crippen LogP contribution in [0.2, 0.25) is 0 Å². The van der Waals surface area contributed by atoms with Gasteiger partial charge in [0.05, 0.1) is 0 Å². The van der Waals surface area contributed by atoms with Gasteiger partial charge in [-0.25, -0.2) is 4.39 Å². The van der Waals surface area contributed by atoms with Crippen LogP contribution < -0.4 is 5.32 Å². The molecule has 4 atom stereocenters. The fourth-order valence-electron chi connectivity index (χ4n) is 5.61. The van der Waals surface area contributed by atoms with Crippen LogP contribution >= 0.6 is 0 Å². The highest BCUT2D eigenvalue weighted by Gasteiger charge is 2.71. The number of carbonyl (C=O) groups is 1. The van der Waals surface area contributed by atoms with Gasteiger partial charge in [-0.15, -0.1) is 0 Å². The zero-order valence-corrected chi connectivity index (χ0v) is 14.7. The zero-order valence-electron chi connectivity index (χ0n) is 14.7. The topological polar surface area (TPSA) is 35.6 Å². The first kappa shape index (κ1) is 15.8. The maximum absolute atomic E-state index is 14.1. The molecular formula is C18H30FN3O. The van der Waals surface area contributed by atoms with Gasteiger partial charge in [-0.2, -0.15) is 0 Å². The van der Waals surface area contributed by atoms with Gasteiger partial charge in [-0.05, 0) is 30.1 Å². The second-order valence-corrected chi connectivity index (χ2v) is 9.33. The van der Waals surface area contributed by atoms with Gasteiger partial charge >= 0.3 is 0 Å². The van der Waals surface area contributed by atoms with E-state index >= 15 is 0 Å². The van der Waals surface area contributed by atoms with Gasteiger partial charge in [0.25, 0.3) is 0 Å². The largest absolute Gasteiger partial charge is 0.340 e. The van der Waals surface area contributed by atoms with Gasteiger partial charge in [-0.3, -0.25) is 9.69 Å². The predicted octanol–water partition coefficient (Wildman–Crippen LogP) is 1.66. The normalized spacial score (nSPS) is 43.9. The Morgan fingerprint density at radius 2 is 1.91 bits per heavy atom. The van der Waals surface area contributed by atoms with Gasteiger partial charge in [0, 0.05) is 50.7 Å². The molecule has 1 saturated carbocycles. The van der Waals surface area contributed by atoms with E-state index in [0.717, 1.165) is 45.6 Å². The van der Waals surface area contributed by atoms with Crippen LogP contribution in [0.25, 0.3) is 0 Å². The molecule has 5 heteroatoms. The van der Waals surface area contributed by atoms with E-state index in [4.69, 9.17) is 0 Å². The monoisotopic (exact) mass is 323 g/mol. The van der Waals surface area contributed by atoms with Crippen molar-refractivity contribution in [1.29, 1.82) is 0 Å². The number of alkyl halides is 1. The molecule has 1 amide bonds. The highest BCUT2D eigenvalue weighted by Crippen LogP contribution is 2.68. The number of nitrogens with one attached hydrogen (secondary N) is 1. The van der Waals surface area contributed by atoms with Crippen molar-refractivity contribution in [3.63, 3.8) is 0 Å². The smallest absolute Gasteiger partial charge is 0.226 e. The average molecular weight is 323 g/mol. The van der Waals surface area contributed by atoms with E-state index in [1.54, 1.807) is 0 Å². The highest BCUT2D eigenvalue weighted by molar-refractivity contribution is 5.83. The van der Waals surface area contributed by atoms with Gasteiger partial charge in [0.1, 0.15) is 6.17 Å². The van der Waals surface area contributed by atoms with E-state index in [2.05, 4.69) is 31.0 Å². The first-order valence-corrected chi connectivity index (χ1v) is 9.16. The minimum Gasteiger partial charge on any atom is -0.340 e. The second kappa shape index (κ2) is 4.92. The summed E-state index contributed by atoms with van der Waals surface area (Å²) in [5, 5.41) is 3.31. The Morgan fingerprint density at radius 3 is 2.52 bits per heavy atom. The van der Waals surface area contributed by atoms with E-state index < -0.39 is 6.17 Å². The van der Waals surface area contributed by atoms with Crippen molar-refractivity contribution in [2.45, 2.75) is 51.7 Å². The van der Waals surface area contributed by atoms with Crippen molar-refractivity contribution in [3.05, 3.63) is 0 Å². The second-order valence-electron chi connectivity index (χ2n) is 9.33. The molecule has 23 heavy (non-hydrogen) atoms. The van der Waals surface area contributed by atoms with Crippen molar-refractivity contribution in [3.8, 4) is 0 Å². The van der Waals surface area contributed by atoms with Crippen LogP contribution in [0.5, 0.6) is 0 Å². The van der Waals surface area contributed by atoms with Crippen molar-refractivity contribution >= 4 is 5.91 Å². The Morgan fingerprint density at radius 1 is 1.22 bits per heavy atom. The Bertz CT molecular complexity index is 513. The molecule has 0 aromatic carbocycles. The lowest BCUT2D eigenvalue weighted by atomic mass is 9.69. The number of rotatable bonds is 1. The van der Waals surface area contributed by atoms with Gasteiger partial charge in [-0.1, -0.05) is 20.8 Å². The molecule has 4 nitrogen and oxygen atoms in total. The third-order valence-electron chi connectivity index (χ3n) is 7.05. The molecule has 3 heterocycles. The summed E-state index contributed by atoms with van der Waals surface area (Å²) in [5.41, 5.74) is 0.142. The SMILES string of the molecule is CC(C)(C)C12CC(F)CN1CC1(CC1C(=O)N1CCNCC1)C2. The fourth-order valence-corrected chi connectivity index (χ4v) is 5.61. The van der Waals surface area contributed by atoms with Crippen LogP contribution in [-0.2, 0) is 4.79 Å². The summed E-state index contributed by atoms with van der Waals surface area (Å²) >= 11 is 0. The van der Waals surface area contributed by atoms with Gasteiger partial charge in [0.15, 0.2) is 0 Å². The molecule has 1 aliphatic carbocycles. The number of nitrogens with zero attached hydrogens (tertiary/aromatic N) is 2. The number of amides is 1. The number of piperazine rings is 1. The van der Waals surface area contributed by atoms with Crippen molar-refractivity contribution in [2.75, 3.05) is 39.3 Å². The Balaban J connectivity index is 1.51.